The van der Waals surface area contributed by atoms with Crippen LogP contribution in [0.5, 0.6) is 0 Å². The van der Waals surface area contributed by atoms with Crippen LogP contribution in [0.25, 0.3) is 0 Å². The van der Waals surface area contributed by atoms with Crippen LogP contribution in [0.3, 0.4) is 0 Å². The Balaban J connectivity index is 2.23. The molecular formula is C14H14F3N3O. The Kier molecular flexibility index (Phi) is 4.07. The molecule has 1 saturated heterocycles. The number of piperazine rings is 1. The number of carbonyl (C=O) groups is 1. The van der Waals surface area contributed by atoms with Crippen molar-refractivity contribution in [3.63, 3.8) is 0 Å². The van der Waals surface area contributed by atoms with E-state index in [4.69, 9.17) is 5.26 Å². The van der Waals surface area contributed by atoms with Crippen molar-refractivity contribution in [1.82, 2.24) is 4.90 Å². The summed E-state index contributed by atoms with van der Waals surface area (Å²) in [7, 11) is 0. The van der Waals surface area contributed by atoms with Crippen LogP contribution < -0.4 is 4.90 Å². The highest BCUT2D eigenvalue weighted by Crippen LogP contribution is 2.34. The number of nitrogens with zero attached hydrogens (tertiary/aromatic N) is 3. The fourth-order valence-electron chi connectivity index (χ4n) is 2.34. The van der Waals surface area contributed by atoms with Crippen molar-refractivity contribution in [3.8, 4) is 6.07 Å². The predicted octanol–water partition coefficient (Wildman–Crippen LogP) is 2.25. The normalized spacial score (nSPS) is 15.8. The van der Waals surface area contributed by atoms with E-state index in [9.17, 15) is 18.0 Å². The summed E-state index contributed by atoms with van der Waals surface area (Å²) in [5.41, 5.74) is -0.880. The van der Waals surface area contributed by atoms with Crippen molar-refractivity contribution in [2.45, 2.75) is 13.1 Å². The van der Waals surface area contributed by atoms with Gasteiger partial charge in [0.1, 0.15) is 0 Å². The smallest absolute Gasteiger partial charge is 0.368 e. The van der Waals surface area contributed by atoms with Crippen LogP contribution >= 0.6 is 0 Å². The van der Waals surface area contributed by atoms with Gasteiger partial charge in [-0.2, -0.15) is 18.4 Å². The molecule has 1 fully saturated rings. The zero-order valence-electron chi connectivity index (χ0n) is 11.4. The van der Waals surface area contributed by atoms with Gasteiger partial charge in [0.05, 0.1) is 17.2 Å². The molecule has 2 rings (SSSR count). The van der Waals surface area contributed by atoms with E-state index in [1.165, 1.54) is 19.1 Å². The quantitative estimate of drug-likeness (QED) is 0.798. The molecule has 1 heterocycles. The summed E-state index contributed by atoms with van der Waals surface area (Å²) in [5.74, 6) is -0.0366. The first-order chi connectivity index (χ1) is 9.82. The maximum absolute atomic E-state index is 12.9. The monoisotopic (exact) mass is 297 g/mol. The third-order valence-electron chi connectivity index (χ3n) is 3.52. The Bertz CT molecular complexity index is 584. The average Bonchev–Trinajstić information content (AvgIpc) is 2.45. The fourth-order valence-corrected chi connectivity index (χ4v) is 2.34. The van der Waals surface area contributed by atoms with Crippen molar-refractivity contribution in [3.05, 3.63) is 29.3 Å². The summed E-state index contributed by atoms with van der Waals surface area (Å²) in [6, 6.07) is 5.27. The standard InChI is InChI=1S/C14H14F3N3O/c1-10(21)19-4-6-20(7-5-19)12-3-2-11(9-18)13(8-12)14(15,16)17/h2-3,8H,4-7H2,1H3. The van der Waals surface area contributed by atoms with Gasteiger partial charge in [-0.3, -0.25) is 4.79 Å². The Morgan fingerprint density at radius 2 is 1.86 bits per heavy atom. The summed E-state index contributed by atoms with van der Waals surface area (Å²) in [5, 5.41) is 8.77. The first-order valence-corrected chi connectivity index (χ1v) is 6.44. The van der Waals surface area contributed by atoms with E-state index in [2.05, 4.69) is 0 Å². The van der Waals surface area contributed by atoms with Crippen LogP contribution in [-0.2, 0) is 11.0 Å². The van der Waals surface area contributed by atoms with Gasteiger partial charge < -0.3 is 9.80 Å². The van der Waals surface area contributed by atoms with Gasteiger partial charge in [0.15, 0.2) is 0 Å². The van der Waals surface area contributed by atoms with Gasteiger partial charge in [0.2, 0.25) is 5.91 Å². The highest BCUT2D eigenvalue weighted by Gasteiger charge is 2.34. The lowest BCUT2D eigenvalue weighted by atomic mass is 10.1. The van der Waals surface area contributed by atoms with E-state index in [-0.39, 0.29) is 11.5 Å². The fraction of sp³-hybridized carbons (Fsp3) is 0.429. The van der Waals surface area contributed by atoms with Crippen LogP contribution in [0.15, 0.2) is 18.2 Å². The SMILES string of the molecule is CC(=O)N1CCN(c2ccc(C#N)c(C(F)(F)F)c2)CC1. The predicted molar refractivity (Wildman–Crippen MR) is 70.6 cm³/mol. The molecular weight excluding hydrogens is 283 g/mol. The second-order valence-corrected chi connectivity index (χ2v) is 4.83. The van der Waals surface area contributed by atoms with E-state index < -0.39 is 11.7 Å². The zero-order chi connectivity index (χ0) is 15.6. The van der Waals surface area contributed by atoms with Crippen molar-refractivity contribution in [1.29, 1.82) is 5.26 Å². The Hall–Kier alpha value is -2.23. The van der Waals surface area contributed by atoms with E-state index in [0.717, 1.165) is 6.07 Å². The molecule has 1 amide bonds. The lowest BCUT2D eigenvalue weighted by molar-refractivity contribution is -0.137. The maximum atomic E-state index is 12.9. The summed E-state index contributed by atoms with van der Waals surface area (Å²) >= 11 is 0. The topological polar surface area (TPSA) is 47.3 Å². The van der Waals surface area contributed by atoms with Crippen molar-refractivity contribution in [2.75, 3.05) is 31.1 Å². The summed E-state index contributed by atoms with van der Waals surface area (Å²) in [4.78, 5) is 14.7. The molecule has 4 nitrogen and oxygen atoms in total. The molecule has 1 aromatic rings. The Morgan fingerprint density at radius 1 is 1.24 bits per heavy atom. The van der Waals surface area contributed by atoms with E-state index >= 15 is 0 Å². The van der Waals surface area contributed by atoms with Gasteiger partial charge in [0.25, 0.3) is 0 Å². The van der Waals surface area contributed by atoms with Crippen molar-refractivity contribution in [2.24, 2.45) is 0 Å². The number of halogens is 3. The van der Waals surface area contributed by atoms with Crippen LogP contribution in [0.4, 0.5) is 18.9 Å². The van der Waals surface area contributed by atoms with Gasteiger partial charge in [-0.1, -0.05) is 0 Å². The Labute approximate surface area is 120 Å². The van der Waals surface area contributed by atoms with Gasteiger partial charge in [-0.15, -0.1) is 0 Å². The molecule has 7 heteroatoms. The lowest BCUT2D eigenvalue weighted by Crippen LogP contribution is -2.48. The highest BCUT2D eigenvalue weighted by atomic mass is 19.4. The van der Waals surface area contributed by atoms with Crippen LogP contribution in [0, 0.1) is 11.3 Å². The molecule has 21 heavy (non-hydrogen) atoms. The zero-order valence-corrected chi connectivity index (χ0v) is 11.4. The number of nitriles is 1. The molecule has 0 bridgehead atoms. The van der Waals surface area contributed by atoms with Crippen LogP contribution in [0.1, 0.15) is 18.1 Å². The number of carbonyl (C=O) groups excluding carboxylic acids is 1. The molecule has 0 radical (unpaired) electrons. The van der Waals surface area contributed by atoms with E-state index in [1.54, 1.807) is 15.9 Å². The third-order valence-corrected chi connectivity index (χ3v) is 3.52. The number of alkyl halides is 3. The molecule has 0 N–H and O–H groups in total. The number of anilines is 1. The minimum Gasteiger partial charge on any atom is -0.368 e. The highest BCUT2D eigenvalue weighted by molar-refractivity contribution is 5.73. The molecule has 0 spiro atoms. The third kappa shape index (κ3) is 3.27. The molecule has 0 saturated carbocycles. The number of benzene rings is 1. The van der Waals surface area contributed by atoms with E-state index in [1.807, 2.05) is 0 Å². The summed E-state index contributed by atoms with van der Waals surface area (Å²) < 4.78 is 38.8. The average molecular weight is 297 g/mol. The summed E-state index contributed by atoms with van der Waals surface area (Å²) in [6.45, 7) is 3.39. The number of rotatable bonds is 1. The maximum Gasteiger partial charge on any atom is 0.417 e. The van der Waals surface area contributed by atoms with Crippen molar-refractivity contribution < 1.29 is 18.0 Å². The first kappa shape index (κ1) is 15.2. The first-order valence-electron chi connectivity index (χ1n) is 6.44. The largest absolute Gasteiger partial charge is 0.417 e. The molecule has 1 aliphatic rings. The number of hydrogen-bond donors (Lipinski definition) is 0. The van der Waals surface area contributed by atoms with Gasteiger partial charge in [-0.05, 0) is 18.2 Å². The Morgan fingerprint density at radius 3 is 2.33 bits per heavy atom. The minimum atomic E-state index is -4.55. The molecule has 0 atom stereocenters. The minimum absolute atomic E-state index is 0.0366. The lowest BCUT2D eigenvalue weighted by Gasteiger charge is -2.35. The van der Waals surface area contributed by atoms with Crippen LogP contribution in [-0.4, -0.2) is 37.0 Å². The van der Waals surface area contributed by atoms with Gasteiger partial charge >= 0.3 is 6.18 Å². The molecule has 0 aromatic heterocycles. The van der Waals surface area contributed by atoms with Crippen molar-refractivity contribution >= 4 is 11.6 Å². The van der Waals surface area contributed by atoms with Crippen LogP contribution in [0.2, 0.25) is 0 Å². The number of hydrogen-bond acceptors (Lipinski definition) is 3. The molecule has 0 aliphatic carbocycles. The molecule has 1 aromatic carbocycles. The second kappa shape index (κ2) is 5.64. The molecule has 1 aliphatic heterocycles. The molecule has 0 unspecified atom stereocenters. The van der Waals surface area contributed by atoms with Gasteiger partial charge in [0, 0.05) is 38.8 Å². The van der Waals surface area contributed by atoms with Gasteiger partial charge in [-0.25, -0.2) is 0 Å². The summed E-state index contributed by atoms with van der Waals surface area (Å²) in [6.07, 6.45) is -4.55. The second-order valence-electron chi connectivity index (χ2n) is 4.83. The number of amides is 1. The molecule has 112 valence electrons. The van der Waals surface area contributed by atoms with E-state index in [0.29, 0.717) is 31.9 Å².